The molecule has 0 amide bonds. The van der Waals surface area contributed by atoms with Crippen LogP contribution in [0.5, 0.6) is 0 Å². The van der Waals surface area contributed by atoms with E-state index in [2.05, 4.69) is 5.32 Å². The van der Waals surface area contributed by atoms with Gasteiger partial charge in [0.25, 0.3) is 0 Å². The SMILES string of the molecule is OC[C@H]1[CH][C@@H](O)CN1. The smallest absolute Gasteiger partial charge is 0.0712 e. The summed E-state index contributed by atoms with van der Waals surface area (Å²) in [4.78, 5) is 0. The van der Waals surface area contributed by atoms with Gasteiger partial charge in [0.15, 0.2) is 0 Å². The fraction of sp³-hybridized carbons (Fsp3) is 0.800. The molecule has 47 valence electrons. The second kappa shape index (κ2) is 2.44. The first-order valence-electron chi connectivity index (χ1n) is 2.70. The predicted molar refractivity (Wildman–Crippen MR) is 29.2 cm³/mol. The first kappa shape index (κ1) is 6.01. The van der Waals surface area contributed by atoms with Crippen molar-refractivity contribution in [2.45, 2.75) is 12.1 Å². The Balaban J connectivity index is 2.22. The van der Waals surface area contributed by atoms with E-state index in [9.17, 15) is 0 Å². The molecule has 0 aromatic heterocycles. The van der Waals surface area contributed by atoms with Gasteiger partial charge in [-0.15, -0.1) is 0 Å². The van der Waals surface area contributed by atoms with Crippen LogP contribution in [0, 0.1) is 6.42 Å². The first-order valence-corrected chi connectivity index (χ1v) is 2.70. The maximum Gasteiger partial charge on any atom is 0.0712 e. The van der Waals surface area contributed by atoms with Gasteiger partial charge in [-0.25, -0.2) is 0 Å². The molecule has 0 aromatic carbocycles. The van der Waals surface area contributed by atoms with Crippen LogP contribution in [-0.4, -0.2) is 35.5 Å². The van der Waals surface area contributed by atoms with Crippen molar-refractivity contribution < 1.29 is 10.2 Å². The largest absolute Gasteiger partial charge is 0.395 e. The topological polar surface area (TPSA) is 52.5 Å². The Morgan fingerprint density at radius 3 is 2.75 bits per heavy atom. The summed E-state index contributed by atoms with van der Waals surface area (Å²) in [6.45, 7) is 0.655. The van der Waals surface area contributed by atoms with Crippen LogP contribution in [0.25, 0.3) is 0 Å². The van der Waals surface area contributed by atoms with Gasteiger partial charge in [0.05, 0.1) is 12.7 Å². The van der Waals surface area contributed by atoms with Crippen LogP contribution in [0.4, 0.5) is 0 Å². The molecule has 3 N–H and O–H groups in total. The van der Waals surface area contributed by atoms with E-state index in [1.807, 2.05) is 0 Å². The maximum atomic E-state index is 8.80. The molecule has 1 radical (unpaired) electrons. The second-order valence-electron chi connectivity index (χ2n) is 1.96. The molecule has 1 aliphatic heterocycles. The van der Waals surface area contributed by atoms with E-state index >= 15 is 0 Å². The lowest BCUT2D eigenvalue weighted by Crippen LogP contribution is -2.25. The van der Waals surface area contributed by atoms with Gasteiger partial charge in [0.2, 0.25) is 0 Å². The van der Waals surface area contributed by atoms with E-state index in [0.717, 1.165) is 0 Å². The molecular formula is C5H10NO2. The van der Waals surface area contributed by atoms with Gasteiger partial charge in [-0.05, 0) is 0 Å². The van der Waals surface area contributed by atoms with Crippen LogP contribution < -0.4 is 5.32 Å². The predicted octanol–water partition coefficient (Wildman–Crippen LogP) is -1.48. The summed E-state index contributed by atoms with van der Waals surface area (Å²) < 4.78 is 0. The quantitative estimate of drug-likeness (QED) is 0.391. The maximum absolute atomic E-state index is 8.80. The fourth-order valence-electron chi connectivity index (χ4n) is 0.802. The summed E-state index contributed by atoms with van der Waals surface area (Å²) in [6, 6.07) is 0.00463. The van der Waals surface area contributed by atoms with Crippen molar-refractivity contribution in [3.63, 3.8) is 0 Å². The molecule has 1 saturated heterocycles. The van der Waals surface area contributed by atoms with E-state index in [1.54, 1.807) is 6.42 Å². The van der Waals surface area contributed by atoms with Gasteiger partial charge in [-0.2, -0.15) is 0 Å². The average Bonchev–Trinajstić information content (AvgIpc) is 2.14. The Hall–Kier alpha value is -0.120. The highest BCUT2D eigenvalue weighted by Crippen LogP contribution is 2.02. The number of aliphatic hydroxyl groups excluding tert-OH is 2. The first-order chi connectivity index (χ1) is 3.83. The second-order valence-corrected chi connectivity index (χ2v) is 1.96. The lowest BCUT2D eigenvalue weighted by Gasteiger charge is -2.01. The zero-order chi connectivity index (χ0) is 5.98. The van der Waals surface area contributed by atoms with E-state index in [1.165, 1.54) is 0 Å². The van der Waals surface area contributed by atoms with Crippen LogP contribution in [0.1, 0.15) is 0 Å². The monoisotopic (exact) mass is 116 g/mol. The molecule has 1 fully saturated rings. The van der Waals surface area contributed by atoms with Gasteiger partial charge in [0, 0.05) is 19.0 Å². The van der Waals surface area contributed by atoms with Crippen molar-refractivity contribution in [1.29, 1.82) is 0 Å². The molecule has 0 bridgehead atoms. The molecule has 1 aliphatic rings. The van der Waals surface area contributed by atoms with Gasteiger partial charge >= 0.3 is 0 Å². The van der Waals surface area contributed by atoms with Crippen molar-refractivity contribution in [2.75, 3.05) is 13.2 Å². The van der Waals surface area contributed by atoms with E-state index in [-0.39, 0.29) is 18.8 Å². The van der Waals surface area contributed by atoms with Gasteiger partial charge in [-0.3, -0.25) is 0 Å². The number of rotatable bonds is 1. The van der Waals surface area contributed by atoms with Crippen molar-refractivity contribution in [3.8, 4) is 0 Å². The molecule has 1 rings (SSSR count). The Morgan fingerprint density at radius 1 is 1.75 bits per heavy atom. The highest BCUT2D eigenvalue weighted by molar-refractivity contribution is 4.96. The Bertz CT molecular complexity index is 76.8. The van der Waals surface area contributed by atoms with Crippen LogP contribution in [-0.2, 0) is 0 Å². The molecule has 1 heterocycles. The molecule has 2 atom stereocenters. The Labute approximate surface area is 48.3 Å². The van der Waals surface area contributed by atoms with Crippen molar-refractivity contribution in [2.24, 2.45) is 0 Å². The standard InChI is InChI=1S/C5H10NO2/c7-3-4-1-5(8)2-6-4/h1,4-8H,2-3H2/t4-,5-/m1/s1. The molecule has 0 spiro atoms. The van der Waals surface area contributed by atoms with Gasteiger partial charge in [-0.1, -0.05) is 0 Å². The number of aliphatic hydroxyl groups is 2. The summed E-state index contributed by atoms with van der Waals surface area (Å²) in [5.74, 6) is 0. The minimum absolute atomic E-state index is 0.00463. The normalized spacial score (nSPS) is 38.2. The van der Waals surface area contributed by atoms with Crippen molar-refractivity contribution in [1.82, 2.24) is 5.32 Å². The zero-order valence-electron chi connectivity index (χ0n) is 4.54. The third-order valence-corrected chi connectivity index (χ3v) is 1.24. The number of hydrogen-bond donors (Lipinski definition) is 3. The molecule has 0 unspecified atom stereocenters. The summed E-state index contributed by atoms with van der Waals surface area (Å²) in [7, 11) is 0. The zero-order valence-corrected chi connectivity index (χ0v) is 4.54. The molecule has 8 heavy (non-hydrogen) atoms. The summed E-state index contributed by atoms with van der Waals surface area (Å²) in [6.07, 6.45) is 1.33. The van der Waals surface area contributed by atoms with Crippen LogP contribution in [0.2, 0.25) is 0 Å². The van der Waals surface area contributed by atoms with E-state index < -0.39 is 0 Å². The molecule has 3 nitrogen and oxygen atoms in total. The van der Waals surface area contributed by atoms with Gasteiger partial charge in [0.1, 0.15) is 0 Å². The summed E-state index contributed by atoms with van der Waals surface area (Å²) >= 11 is 0. The lowest BCUT2D eigenvalue weighted by molar-refractivity contribution is 0.224. The van der Waals surface area contributed by atoms with Crippen LogP contribution >= 0.6 is 0 Å². The van der Waals surface area contributed by atoms with Crippen molar-refractivity contribution >= 4 is 0 Å². The number of hydrogen-bond acceptors (Lipinski definition) is 3. The summed E-state index contributed by atoms with van der Waals surface area (Å²) in [5, 5.41) is 20.2. The lowest BCUT2D eigenvalue weighted by atomic mass is 10.2. The summed E-state index contributed by atoms with van der Waals surface area (Å²) in [5.41, 5.74) is 0. The Morgan fingerprint density at radius 2 is 2.50 bits per heavy atom. The van der Waals surface area contributed by atoms with E-state index in [0.29, 0.717) is 6.54 Å². The number of nitrogens with one attached hydrogen (secondary N) is 1. The molecule has 0 aliphatic carbocycles. The van der Waals surface area contributed by atoms with Crippen molar-refractivity contribution in [3.05, 3.63) is 6.42 Å². The molecule has 0 aromatic rings. The third kappa shape index (κ3) is 1.18. The average molecular weight is 116 g/mol. The molecule has 0 saturated carbocycles. The third-order valence-electron chi connectivity index (χ3n) is 1.24. The van der Waals surface area contributed by atoms with Crippen LogP contribution in [0.15, 0.2) is 0 Å². The minimum Gasteiger partial charge on any atom is -0.395 e. The fourth-order valence-corrected chi connectivity index (χ4v) is 0.802. The number of β-amino-alcohol motifs (C(OH)–C–C–N with tert-alkyl or cyclic N) is 1. The van der Waals surface area contributed by atoms with Crippen LogP contribution in [0.3, 0.4) is 0 Å². The molecular weight excluding hydrogens is 106 g/mol. The highest BCUT2D eigenvalue weighted by atomic mass is 16.3. The van der Waals surface area contributed by atoms with E-state index in [4.69, 9.17) is 10.2 Å². The highest BCUT2D eigenvalue weighted by Gasteiger charge is 2.20. The minimum atomic E-state index is -0.368. The Kier molecular flexibility index (Phi) is 1.83. The molecule has 3 heteroatoms. The van der Waals surface area contributed by atoms with Gasteiger partial charge < -0.3 is 15.5 Å².